The van der Waals surface area contributed by atoms with Crippen molar-refractivity contribution in [3.05, 3.63) is 47.0 Å². The van der Waals surface area contributed by atoms with Gasteiger partial charge < -0.3 is 15.2 Å². The summed E-state index contributed by atoms with van der Waals surface area (Å²) in [6, 6.07) is 7.65. The van der Waals surface area contributed by atoms with Gasteiger partial charge in [-0.25, -0.2) is 4.98 Å². The smallest absolute Gasteiger partial charge is 0.287 e. The third-order valence-electron chi connectivity index (χ3n) is 5.00. The van der Waals surface area contributed by atoms with Gasteiger partial charge in [0.25, 0.3) is 11.8 Å². The number of nitrogens with zero attached hydrogens (tertiary/aromatic N) is 2. The molecule has 1 aromatic heterocycles. The van der Waals surface area contributed by atoms with Crippen LogP contribution in [0, 0.1) is 6.92 Å². The second kappa shape index (κ2) is 8.84. The van der Waals surface area contributed by atoms with Crippen LogP contribution < -0.4 is 10.6 Å². The van der Waals surface area contributed by atoms with Gasteiger partial charge in [-0.1, -0.05) is 38.0 Å². The number of nitrogens with one attached hydrogen (secondary N) is 2. The van der Waals surface area contributed by atoms with Crippen molar-refractivity contribution in [3.63, 3.8) is 0 Å². The number of amides is 2. The Morgan fingerprint density at radius 1 is 1.15 bits per heavy atom. The number of imidazole rings is 1. The van der Waals surface area contributed by atoms with Crippen molar-refractivity contribution in [2.75, 3.05) is 11.9 Å². The van der Waals surface area contributed by atoms with Gasteiger partial charge in [0.15, 0.2) is 11.5 Å². The van der Waals surface area contributed by atoms with E-state index in [-0.39, 0.29) is 11.8 Å². The molecule has 1 aromatic carbocycles. The van der Waals surface area contributed by atoms with Gasteiger partial charge in [-0.2, -0.15) is 0 Å². The zero-order chi connectivity index (χ0) is 19.2. The number of hydrogen-bond donors (Lipinski definition) is 2. The van der Waals surface area contributed by atoms with Crippen LogP contribution in [0.25, 0.3) is 0 Å². The van der Waals surface area contributed by atoms with Crippen LogP contribution in [-0.4, -0.2) is 27.9 Å². The van der Waals surface area contributed by atoms with E-state index in [4.69, 9.17) is 0 Å². The quantitative estimate of drug-likeness (QED) is 0.732. The van der Waals surface area contributed by atoms with Crippen molar-refractivity contribution in [1.29, 1.82) is 0 Å². The van der Waals surface area contributed by atoms with Crippen LogP contribution in [0.3, 0.4) is 0 Å². The van der Waals surface area contributed by atoms with Gasteiger partial charge in [0.2, 0.25) is 0 Å². The zero-order valence-electron chi connectivity index (χ0n) is 16.2. The van der Waals surface area contributed by atoms with Crippen LogP contribution in [-0.2, 0) is 13.0 Å². The summed E-state index contributed by atoms with van der Waals surface area (Å²) in [5.41, 5.74) is 3.00. The van der Waals surface area contributed by atoms with E-state index in [1.165, 1.54) is 0 Å². The van der Waals surface area contributed by atoms with Gasteiger partial charge in [0.05, 0.1) is 5.69 Å². The van der Waals surface area contributed by atoms with Gasteiger partial charge in [0, 0.05) is 18.8 Å². The summed E-state index contributed by atoms with van der Waals surface area (Å²) in [5.74, 6) is -0.0830. The summed E-state index contributed by atoms with van der Waals surface area (Å²) in [6.45, 7) is 5.46. The molecule has 0 aliphatic carbocycles. The number of unbranched alkanes of at least 4 members (excludes halogenated alkanes) is 2. The van der Waals surface area contributed by atoms with Crippen LogP contribution in [0.2, 0.25) is 0 Å². The van der Waals surface area contributed by atoms with Gasteiger partial charge >= 0.3 is 0 Å². The van der Waals surface area contributed by atoms with Crippen LogP contribution >= 0.6 is 0 Å². The number of carbonyl (C=O) groups excluding carboxylic acids is 2. The topological polar surface area (TPSA) is 76.0 Å². The predicted molar refractivity (Wildman–Crippen MR) is 106 cm³/mol. The highest BCUT2D eigenvalue weighted by atomic mass is 16.2. The minimum atomic E-state index is -0.250. The SMILES string of the molecule is CCCCCNC(=O)c1nc(C(=O)Nc2ccccc2C)c2n1CCCC2. The molecule has 2 N–H and O–H groups in total. The van der Waals surface area contributed by atoms with Crippen molar-refractivity contribution in [3.8, 4) is 0 Å². The largest absolute Gasteiger partial charge is 0.349 e. The van der Waals surface area contributed by atoms with Crippen LogP contribution in [0.15, 0.2) is 24.3 Å². The minimum Gasteiger partial charge on any atom is -0.349 e. The van der Waals surface area contributed by atoms with E-state index in [0.717, 1.165) is 62.0 Å². The van der Waals surface area contributed by atoms with E-state index in [1.54, 1.807) is 0 Å². The minimum absolute atomic E-state index is 0.191. The van der Waals surface area contributed by atoms with Gasteiger partial charge in [-0.15, -0.1) is 0 Å². The lowest BCUT2D eigenvalue weighted by atomic mass is 10.1. The Hall–Kier alpha value is -2.63. The second-order valence-electron chi connectivity index (χ2n) is 7.07. The molecule has 6 nitrogen and oxygen atoms in total. The summed E-state index contributed by atoms with van der Waals surface area (Å²) in [4.78, 5) is 29.9. The summed E-state index contributed by atoms with van der Waals surface area (Å²) < 4.78 is 1.92. The van der Waals surface area contributed by atoms with E-state index >= 15 is 0 Å². The van der Waals surface area contributed by atoms with Gasteiger partial charge in [0.1, 0.15) is 0 Å². The van der Waals surface area contributed by atoms with Crippen LogP contribution in [0.5, 0.6) is 0 Å². The predicted octanol–water partition coefficient (Wildman–Crippen LogP) is 3.70. The molecule has 144 valence electrons. The number of aromatic nitrogens is 2. The van der Waals surface area contributed by atoms with Crippen LogP contribution in [0.1, 0.15) is 71.4 Å². The summed E-state index contributed by atoms with van der Waals surface area (Å²) in [5, 5.41) is 5.88. The normalized spacial score (nSPS) is 13.1. The summed E-state index contributed by atoms with van der Waals surface area (Å²) in [6.07, 6.45) is 5.93. The molecule has 27 heavy (non-hydrogen) atoms. The number of fused-ring (bicyclic) bond motifs is 1. The highest BCUT2D eigenvalue weighted by molar-refractivity contribution is 6.05. The average Bonchev–Trinajstić information content (AvgIpc) is 3.07. The number of carbonyl (C=O) groups is 2. The molecule has 0 saturated heterocycles. The maximum atomic E-state index is 12.9. The van der Waals surface area contributed by atoms with Crippen molar-refractivity contribution >= 4 is 17.5 Å². The fraction of sp³-hybridized carbons (Fsp3) is 0.476. The molecule has 0 radical (unpaired) electrons. The third-order valence-corrected chi connectivity index (χ3v) is 5.00. The number of anilines is 1. The van der Waals surface area contributed by atoms with E-state index in [0.29, 0.717) is 18.1 Å². The molecule has 0 fully saturated rings. The van der Waals surface area contributed by atoms with Crippen molar-refractivity contribution in [2.24, 2.45) is 0 Å². The molecule has 0 bridgehead atoms. The molecule has 2 aromatic rings. The lowest BCUT2D eigenvalue weighted by molar-refractivity contribution is 0.0937. The third kappa shape index (κ3) is 4.38. The molecule has 0 unspecified atom stereocenters. The fourth-order valence-corrected chi connectivity index (χ4v) is 3.45. The van der Waals surface area contributed by atoms with E-state index in [1.807, 2.05) is 35.8 Å². The first kappa shape index (κ1) is 19.1. The number of benzene rings is 1. The lowest BCUT2D eigenvalue weighted by Crippen LogP contribution is -2.28. The molecule has 0 atom stereocenters. The standard InChI is InChI=1S/C21H28N4O2/c1-3-4-8-13-22-21(27)19-24-18(17-12-7-9-14-25(17)19)20(26)23-16-11-6-5-10-15(16)2/h5-6,10-11H,3-4,7-9,12-14H2,1-2H3,(H,22,27)(H,23,26). The molecule has 2 amide bonds. The Labute approximate surface area is 160 Å². The van der Waals surface area contributed by atoms with Gasteiger partial charge in [-0.3, -0.25) is 9.59 Å². The molecule has 1 aliphatic heterocycles. The maximum absolute atomic E-state index is 12.9. The molecule has 0 spiro atoms. The van der Waals surface area contributed by atoms with Crippen molar-refractivity contribution < 1.29 is 9.59 Å². The molecule has 6 heteroatoms. The molecule has 1 aliphatic rings. The highest BCUT2D eigenvalue weighted by Gasteiger charge is 2.27. The van der Waals surface area contributed by atoms with Gasteiger partial charge in [-0.05, 0) is 44.2 Å². The zero-order valence-corrected chi connectivity index (χ0v) is 16.2. The average molecular weight is 368 g/mol. The number of rotatable bonds is 7. The first-order chi connectivity index (χ1) is 13.1. The number of aryl methyl sites for hydroxylation is 1. The number of para-hydroxylation sites is 1. The van der Waals surface area contributed by atoms with E-state index in [9.17, 15) is 9.59 Å². The first-order valence-corrected chi connectivity index (χ1v) is 9.86. The van der Waals surface area contributed by atoms with Crippen LogP contribution in [0.4, 0.5) is 5.69 Å². The van der Waals surface area contributed by atoms with E-state index < -0.39 is 0 Å². The highest BCUT2D eigenvalue weighted by Crippen LogP contribution is 2.23. The lowest BCUT2D eigenvalue weighted by Gasteiger charge is -2.17. The maximum Gasteiger partial charge on any atom is 0.287 e. The second-order valence-corrected chi connectivity index (χ2v) is 7.07. The molecular weight excluding hydrogens is 340 g/mol. The summed E-state index contributed by atoms with van der Waals surface area (Å²) >= 11 is 0. The summed E-state index contributed by atoms with van der Waals surface area (Å²) in [7, 11) is 0. The Morgan fingerprint density at radius 2 is 1.96 bits per heavy atom. The Morgan fingerprint density at radius 3 is 2.74 bits per heavy atom. The Bertz CT molecular complexity index is 826. The molecule has 2 heterocycles. The van der Waals surface area contributed by atoms with E-state index in [2.05, 4.69) is 22.5 Å². The molecular formula is C21H28N4O2. The van der Waals surface area contributed by atoms with Crippen molar-refractivity contribution in [2.45, 2.75) is 58.9 Å². The fourth-order valence-electron chi connectivity index (χ4n) is 3.45. The monoisotopic (exact) mass is 368 g/mol. The Kier molecular flexibility index (Phi) is 6.27. The molecule has 3 rings (SSSR count). The Balaban J connectivity index is 1.81. The first-order valence-electron chi connectivity index (χ1n) is 9.86. The van der Waals surface area contributed by atoms with Crippen molar-refractivity contribution in [1.82, 2.24) is 14.9 Å². The number of hydrogen-bond acceptors (Lipinski definition) is 3. The molecule has 0 saturated carbocycles.